The van der Waals surface area contributed by atoms with Crippen LogP contribution in [-0.4, -0.2) is 39.1 Å². The molecule has 0 atom stereocenters. The molecule has 5 heteroatoms. The van der Waals surface area contributed by atoms with Crippen LogP contribution in [0, 0.1) is 13.8 Å². The van der Waals surface area contributed by atoms with E-state index in [1.807, 2.05) is 24.3 Å². The third-order valence-corrected chi connectivity index (χ3v) is 5.36. The molecule has 138 valence electrons. The van der Waals surface area contributed by atoms with Crippen LogP contribution in [0.15, 0.2) is 36.4 Å². The van der Waals surface area contributed by atoms with Crippen molar-refractivity contribution >= 4 is 28.9 Å². The minimum atomic E-state index is -0.0171. The molecule has 0 unspecified atom stereocenters. The van der Waals surface area contributed by atoms with Crippen LogP contribution < -0.4 is 15.1 Å². The highest BCUT2D eigenvalue weighted by atomic mass is 35.5. The fourth-order valence-corrected chi connectivity index (χ4v) is 3.48. The molecule has 26 heavy (non-hydrogen) atoms. The molecule has 2 aromatic carbocycles. The Hall–Kier alpha value is -2.04. The van der Waals surface area contributed by atoms with Crippen LogP contribution in [0.3, 0.4) is 0 Å². The van der Waals surface area contributed by atoms with E-state index < -0.39 is 0 Å². The van der Waals surface area contributed by atoms with Crippen LogP contribution in [0.2, 0.25) is 5.02 Å². The molecule has 4 nitrogen and oxygen atoms in total. The number of benzene rings is 2. The molecule has 0 spiro atoms. The van der Waals surface area contributed by atoms with Gasteiger partial charge in [0.1, 0.15) is 0 Å². The summed E-state index contributed by atoms with van der Waals surface area (Å²) in [5.74, 6) is -0.0171. The Morgan fingerprint density at radius 1 is 1.12 bits per heavy atom. The molecule has 0 radical (unpaired) electrons. The van der Waals surface area contributed by atoms with Crippen LogP contribution in [-0.2, 0) is 11.2 Å². The van der Waals surface area contributed by atoms with Gasteiger partial charge in [0.15, 0.2) is 0 Å². The van der Waals surface area contributed by atoms with E-state index in [0.29, 0.717) is 11.4 Å². The number of quaternary nitrogens is 1. The zero-order valence-electron chi connectivity index (χ0n) is 15.7. The Balaban J connectivity index is 1.74. The number of rotatable bonds is 4. The summed E-state index contributed by atoms with van der Waals surface area (Å²) in [7, 11) is 2.21. The standard InChI is InChI=1S/C21H26ClN3O/c1-15-4-5-17(12-16(15)2)13-21(26)23-19-14-18(22)6-7-20(19)25-10-8-24(3)9-11-25/h4-7,12,14H,8-11,13H2,1-3H3,(H,23,26)/p+1. The number of aryl methyl sites for hydroxylation is 2. The third-order valence-electron chi connectivity index (χ3n) is 5.13. The molecule has 1 saturated heterocycles. The summed E-state index contributed by atoms with van der Waals surface area (Å²) in [6, 6.07) is 11.9. The Morgan fingerprint density at radius 2 is 1.85 bits per heavy atom. The van der Waals surface area contributed by atoms with Gasteiger partial charge in [-0.05, 0) is 48.7 Å². The van der Waals surface area contributed by atoms with Gasteiger partial charge in [-0.25, -0.2) is 0 Å². The molecular formula is C21H27ClN3O+. The molecular weight excluding hydrogens is 346 g/mol. The molecule has 0 bridgehead atoms. The van der Waals surface area contributed by atoms with Crippen molar-refractivity contribution in [3.8, 4) is 0 Å². The summed E-state index contributed by atoms with van der Waals surface area (Å²) >= 11 is 6.19. The Morgan fingerprint density at radius 3 is 2.54 bits per heavy atom. The molecule has 3 rings (SSSR count). The molecule has 1 heterocycles. The van der Waals surface area contributed by atoms with Gasteiger partial charge in [-0.2, -0.15) is 0 Å². The molecule has 2 aromatic rings. The van der Waals surface area contributed by atoms with Crippen molar-refractivity contribution < 1.29 is 9.69 Å². The number of likely N-dealkylation sites (N-methyl/N-ethyl adjacent to an activating group) is 1. The number of piperazine rings is 1. The number of amides is 1. The van der Waals surface area contributed by atoms with Crippen molar-refractivity contribution in [2.75, 3.05) is 43.4 Å². The lowest BCUT2D eigenvalue weighted by Crippen LogP contribution is -3.12. The normalized spacial score (nSPS) is 15.2. The predicted octanol–water partition coefficient (Wildman–Crippen LogP) is 2.47. The van der Waals surface area contributed by atoms with Crippen molar-refractivity contribution in [1.82, 2.24) is 0 Å². The molecule has 2 N–H and O–H groups in total. The first kappa shape index (κ1) is 18.7. The van der Waals surface area contributed by atoms with Crippen LogP contribution in [0.5, 0.6) is 0 Å². The number of carbonyl (C=O) groups is 1. The maximum atomic E-state index is 12.6. The van der Waals surface area contributed by atoms with Crippen LogP contribution in [0.25, 0.3) is 0 Å². The van der Waals surface area contributed by atoms with Crippen molar-refractivity contribution in [1.29, 1.82) is 0 Å². The van der Waals surface area contributed by atoms with Gasteiger partial charge in [0.05, 0.1) is 51.0 Å². The summed E-state index contributed by atoms with van der Waals surface area (Å²) in [4.78, 5) is 16.5. The van der Waals surface area contributed by atoms with Gasteiger partial charge >= 0.3 is 0 Å². The molecule has 1 aliphatic rings. The van der Waals surface area contributed by atoms with E-state index in [4.69, 9.17) is 11.6 Å². The maximum Gasteiger partial charge on any atom is 0.228 e. The number of nitrogens with one attached hydrogen (secondary N) is 2. The van der Waals surface area contributed by atoms with E-state index in [1.54, 1.807) is 0 Å². The Kier molecular flexibility index (Phi) is 5.84. The SMILES string of the molecule is Cc1ccc(CC(=O)Nc2cc(Cl)ccc2N2CC[NH+](C)CC2)cc1C. The number of carbonyl (C=O) groups excluding carboxylic acids is 1. The zero-order valence-corrected chi connectivity index (χ0v) is 16.5. The first-order valence-corrected chi connectivity index (χ1v) is 9.52. The van der Waals surface area contributed by atoms with E-state index in [2.05, 4.69) is 43.2 Å². The largest absolute Gasteiger partial charge is 0.359 e. The number of anilines is 2. The van der Waals surface area contributed by atoms with Gasteiger partial charge in [-0.1, -0.05) is 29.8 Å². The van der Waals surface area contributed by atoms with Gasteiger partial charge in [-0.3, -0.25) is 4.79 Å². The molecule has 0 saturated carbocycles. The van der Waals surface area contributed by atoms with Crippen molar-refractivity contribution in [3.05, 3.63) is 58.1 Å². The minimum absolute atomic E-state index is 0.0171. The highest BCUT2D eigenvalue weighted by Gasteiger charge is 2.20. The summed E-state index contributed by atoms with van der Waals surface area (Å²) in [6.45, 7) is 8.30. The highest BCUT2D eigenvalue weighted by molar-refractivity contribution is 6.31. The average Bonchev–Trinajstić information content (AvgIpc) is 2.59. The smallest absolute Gasteiger partial charge is 0.228 e. The lowest BCUT2D eigenvalue weighted by atomic mass is 10.0. The predicted molar refractivity (Wildman–Crippen MR) is 109 cm³/mol. The maximum absolute atomic E-state index is 12.6. The van der Waals surface area contributed by atoms with Gasteiger partial charge in [0.2, 0.25) is 5.91 Å². The molecule has 1 fully saturated rings. The summed E-state index contributed by atoms with van der Waals surface area (Å²) in [5, 5.41) is 3.70. The molecule has 1 amide bonds. The van der Waals surface area contributed by atoms with E-state index in [-0.39, 0.29) is 5.91 Å². The fourth-order valence-electron chi connectivity index (χ4n) is 3.31. The fraction of sp³-hybridized carbons (Fsp3) is 0.381. The van der Waals surface area contributed by atoms with Gasteiger partial charge in [0, 0.05) is 5.02 Å². The number of nitrogens with zero attached hydrogens (tertiary/aromatic N) is 1. The van der Waals surface area contributed by atoms with Crippen LogP contribution in [0.4, 0.5) is 11.4 Å². The lowest BCUT2D eigenvalue weighted by Gasteiger charge is -2.33. The second-order valence-corrected chi connectivity index (χ2v) is 7.69. The number of halogens is 1. The second-order valence-electron chi connectivity index (χ2n) is 7.25. The topological polar surface area (TPSA) is 36.8 Å². The summed E-state index contributed by atoms with van der Waals surface area (Å²) in [6.07, 6.45) is 0.361. The first-order valence-electron chi connectivity index (χ1n) is 9.14. The first-order chi connectivity index (χ1) is 12.4. The average molecular weight is 373 g/mol. The van der Waals surface area contributed by atoms with E-state index in [9.17, 15) is 4.79 Å². The third kappa shape index (κ3) is 4.57. The van der Waals surface area contributed by atoms with E-state index in [1.165, 1.54) is 16.0 Å². The van der Waals surface area contributed by atoms with Gasteiger partial charge < -0.3 is 15.1 Å². The Bertz CT molecular complexity index is 798. The molecule has 0 aromatic heterocycles. The van der Waals surface area contributed by atoms with Crippen molar-refractivity contribution in [2.45, 2.75) is 20.3 Å². The van der Waals surface area contributed by atoms with Crippen molar-refractivity contribution in [2.24, 2.45) is 0 Å². The monoisotopic (exact) mass is 372 g/mol. The van der Waals surface area contributed by atoms with Gasteiger partial charge in [-0.15, -0.1) is 0 Å². The lowest BCUT2D eigenvalue weighted by molar-refractivity contribution is -0.880. The number of hydrogen-bond donors (Lipinski definition) is 2. The van der Waals surface area contributed by atoms with Crippen LogP contribution in [0.1, 0.15) is 16.7 Å². The molecule has 0 aliphatic carbocycles. The van der Waals surface area contributed by atoms with Crippen molar-refractivity contribution in [3.63, 3.8) is 0 Å². The zero-order chi connectivity index (χ0) is 18.7. The van der Waals surface area contributed by atoms with E-state index in [0.717, 1.165) is 43.1 Å². The summed E-state index contributed by atoms with van der Waals surface area (Å²) in [5.41, 5.74) is 5.32. The quantitative estimate of drug-likeness (QED) is 0.865. The van der Waals surface area contributed by atoms with E-state index >= 15 is 0 Å². The Labute approximate surface area is 160 Å². The van der Waals surface area contributed by atoms with Crippen LogP contribution >= 0.6 is 11.6 Å². The molecule has 1 aliphatic heterocycles. The number of hydrogen-bond acceptors (Lipinski definition) is 2. The highest BCUT2D eigenvalue weighted by Crippen LogP contribution is 2.29. The summed E-state index contributed by atoms with van der Waals surface area (Å²) < 4.78 is 0. The minimum Gasteiger partial charge on any atom is -0.359 e. The second kappa shape index (κ2) is 8.11. The van der Waals surface area contributed by atoms with Gasteiger partial charge in [0.25, 0.3) is 0 Å².